The molecule has 1 heterocycles. The molecule has 1 aromatic heterocycles. The molecule has 1 saturated carbocycles. The largest absolute Gasteiger partial charge is 0.673 e. The Balaban J connectivity index is 0.000000368. The smallest absolute Gasteiger partial charge is 0.418 e. The van der Waals surface area contributed by atoms with Crippen LogP contribution in [0.1, 0.15) is 42.0 Å². The predicted octanol–water partition coefficient (Wildman–Crippen LogP) is 7.33. The van der Waals surface area contributed by atoms with Crippen LogP contribution in [0.2, 0.25) is 0 Å². The van der Waals surface area contributed by atoms with Gasteiger partial charge < -0.3 is 17.3 Å². The fourth-order valence-corrected chi connectivity index (χ4v) is 5.33. The van der Waals surface area contributed by atoms with Gasteiger partial charge in [0, 0.05) is 17.4 Å². The molecular formula is C15H16BF7S. The van der Waals surface area contributed by atoms with Crippen molar-refractivity contribution in [1.29, 1.82) is 0 Å². The fraction of sp³-hybridized carbons (Fsp3) is 0.467. The molecule has 2 aromatic rings. The zero-order chi connectivity index (χ0) is 18.1. The normalized spacial score (nSPS) is 17.1. The second-order valence-electron chi connectivity index (χ2n) is 5.76. The van der Waals surface area contributed by atoms with E-state index < -0.39 is 23.2 Å². The zero-order valence-corrected chi connectivity index (χ0v) is 13.7. The molecular weight excluding hydrogens is 356 g/mol. The number of hydrogen-bond donors (Lipinski definition) is 0. The highest BCUT2D eigenvalue weighted by molar-refractivity contribution is 7.38. The first-order chi connectivity index (χ1) is 11.0. The lowest BCUT2D eigenvalue weighted by molar-refractivity contribution is -0.0868. The number of rotatable bonds is 1. The highest BCUT2D eigenvalue weighted by atomic mass is 32.2. The van der Waals surface area contributed by atoms with Crippen molar-refractivity contribution in [3.63, 3.8) is 0 Å². The Hall–Kier alpha value is -1.25. The van der Waals surface area contributed by atoms with Crippen LogP contribution in [0, 0.1) is 6.92 Å². The van der Waals surface area contributed by atoms with E-state index in [9.17, 15) is 30.4 Å². The lowest BCUT2D eigenvalue weighted by atomic mass is 10.0. The summed E-state index contributed by atoms with van der Waals surface area (Å²) >= 11 is 0. The summed E-state index contributed by atoms with van der Waals surface area (Å²) in [5.74, 6) is 0.136. The van der Waals surface area contributed by atoms with E-state index in [4.69, 9.17) is 0 Å². The minimum Gasteiger partial charge on any atom is -0.418 e. The number of hydrogen-bond acceptors (Lipinski definition) is 0. The summed E-state index contributed by atoms with van der Waals surface area (Å²) in [6, 6.07) is 7.12. The van der Waals surface area contributed by atoms with E-state index in [1.54, 1.807) is 12.1 Å². The van der Waals surface area contributed by atoms with Gasteiger partial charge in [0.25, 0.3) is 0 Å². The minimum absolute atomic E-state index is 0.136. The van der Waals surface area contributed by atoms with Gasteiger partial charge in [-0.05, 0) is 31.4 Å². The van der Waals surface area contributed by atoms with Crippen LogP contribution in [-0.4, -0.2) is 7.25 Å². The summed E-state index contributed by atoms with van der Waals surface area (Å²) in [5.41, 5.74) is -3.19. The van der Waals surface area contributed by atoms with Crippen LogP contribution in [-0.2, 0) is 5.51 Å². The highest BCUT2D eigenvalue weighted by Crippen LogP contribution is 2.55. The van der Waals surface area contributed by atoms with E-state index in [0.29, 0.717) is 9.58 Å². The quantitative estimate of drug-likeness (QED) is 0.279. The number of alkyl halides is 3. The Morgan fingerprint density at radius 1 is 1.04 bits per heavy atom. The van der Waals surface area contributed by atoms with Crippen LogP contribution in [0.4, 0.5) is 30.4 Å². The number of benzene rings is 1. The lowest BCUT2D eigenvalue weighted by Crippen LogP contribution is -2.02. The number of thiophene rings is 1. The first kappa shape index (κ1) is 19.1. The maximum Gasteiger partial charge on any atom is 0.673 e. The van der Waals surface area contributed by atoms with Crippen molar-refractivity contribution in [1.82, 2.24) is 0 Å². The Kier molecular flexibility index (Phi) is 5.52. The molecule has 134 valence electrons. The van der Waals surface area contributed by atoms with Crippen molar-refractivity contribution in [3.05, 3.63) is 34.7 Å². The Morgan fingerprint density at radius 2 is 1.58 bits per heavy atom. The van der Waals surface area contributed by atoms with Gasteiger partial charge in [-0.3, -0.25) is 0 Å². The molecule has 0 aliphatic heterocycles. The fourth-order valence-electron chi connectivity index (χ4n) is 3.10. The van der Waals surface area contributed by atoms with Gasteiger partial charge in [-0.2, -0.15) is 0 Å². The molecule has 1 aromatic carbocycles. The predicted molar refractivity (Wildman–Crippen MR) is 83.9 cm³/mol. The molecule has 0 N–H and O–H groups in total. The third-order valence-corrected chi connectivity index (χ3v) is 6.20. The summed E-state index contributed by atoms with van der Waals surface area (Å²) in [4.78, 5) is 0.634. The van der Waals surface area contributed by atoms with Crippen LogP contribution in [0.25, 0.3) is 10.1 Å². The average molecular weight is 372 g/mol. The molecule has 24 heavy (non-hydrogen) atoms. The van der Waals surface area contributed by atoms with Crippen LogP contribution in [0.5, 0.6) is 0 Å². The summed E-state index contributed by atoms with van der Waals surface area (Å²) in [7, 11) is -7.70. The third-order valence-electron chi connectivity index (χ3n) is 4.02. The summed E-state index contributed by atoms with van der Waals surface area (Å²) in [6.07, 6.45) is 3.95. The van der Waals surface area contributed by atoms with E-state index in [1.165, 1.54) is 0 Å². The lowest BCUT2D eigenvalue weighted by Gasteiger charge is -2.05. The number of fused-ring (bicyclic) bond motifs is 1. The van der Waals surface area contributed by atoms with Gasteiger partial charge in [0.1, 0.15) is 0 Å². The van der Waals surface area contributed by atoms with Crippen molar-refractivity contribution in [2.45, 2.75) is 44.0 Å². The van der Waals surface area contributed by atoms with Gasteiger partial charge in [0.2, 0.25) is 0 Å². The van der Waals surface area contributed by atoms with Crippen molar-refractivity contribution in [2.24, 2.45) is 0 Å². The first-order valence-corrected chi connectivity index (χ1v) is 8.70. The average Bonchev–Trinajstić information content (AvgIpc) is 3.02. The van der Waals surface area contributed by atoms with Gasteiger partial charge in [0.05, 0.1) is 10.5 Å². The van der Waals surface area contributed by atoms with Gasteiger partial charge >= 0.3 is 12.8 Å². The van der Waals surface area contributed by atoms with E-state index in [2.05, 4.69) is 0 Å². The highest BCUT2D eigenvalue weighted by Gasteiger charge is 2.49. The van der Waals surface area contributed by atoms with Crippen LogP contribution in [0.15, 0.2) is 24.3 Å². The minimum atomic E-state index is -6.00. The van der Waals surface area contributed by atoms with Crippen LogP contribution >= 0.6 is 10.5 Å². The second kappa shape index (κ2) is 6.94. The standard InChI is InChI=1S/C15H16F3S.BF4/c1-10-5-4-8-13-12(10)9-14(11-6-2-3-7-11)19(13)15(16,17)18;2-1(3,4)5/h4-5,8-9,11H,2-3,6-7H2,1H3;/q+1;-1. The Morgan fingerprint density at radius 3 is 2.08 bits per heavy atom. The van der Waals surface area contributed by atoms with Gasteiger partial charge in [-0.15, -0.1) is 13.2 Å². The molecule has 1 atom stereocenters. The van der Waals surface area contributed by atoms with Crippen LogP contribution < -0.4 is 0 Å². The molecule has 0 spiro atoms. The Bertz CT molecular complexity index is 690. The first-order valence-electron chi connectivity index (χ1n) is 7.48. The van der Waals surface area contributed by atoms with Crippen molar-refractivity contribution < 1.29 is 30.4 Å². The topological polar surface area (TPSA) is 0 Å². The van der Waals surface area contributed by atoms with Crippen molar-refractivity contribution >= 4 is 27.8 Å². The van der Waals surface area contributed by atoms with Crippen molar-refractivity contribution in [2.75, 3.05) is 0 Å². The summed E-state index contributed by atoms with van der Waals surface area (Å²) in [5, 5.41) is 0.810. The molecule has 9 heteroatoms. The van der Waals surface area contributed by atoms with E-state index in [0.717, 1.165) is 36.6 Å². The Labute approximate surface area is 137 Å². The molecule has 1 aliphatic rings. The maximum absolute atomic E-state index is 13.4. The molecule has 1 unspecified atom stereocenters. The third kappa shape index (κ3) is 4.65. The number of halogens is 7. The molecule has 0 radical (unpaired) electrons. The maximum atomic E-state index is 13.4. The van der Waals surface area contributed by atoms with Crippen LogP contribution in [0.3, 0.4) is 0 Å². The summed E-state index contributed by atoms with van der Waals surface area (Å²) in [6.45, 7) is 1.89. The monoisotopic (exact) mass is 372 g/mol. The van der Waals surface area contributed by atoms with Gasteiger partial charge in [-0.25, -0.2) is 0 Å². The number of aryl methyl sites for hydroxylation is 1. The summed E-state index contributed by atoms with van der Waals surface area (Å²) < 4.78 is 79.8. The van der Waals surface area contributed by atoms with Crippen molar-refractivity contribution in [3.8, 4) is 0 Å². The zero-order valence-electron chi connectivity index (χ0n) is 12.8. The van der Waals surface area contributed by atoms with Gasteiger partial charge in [0.15, 0.2) is 9.58 Å². The molecule has 0 saturated heterocycles. The second-order valence-corrected chi connectivity index (χ2v) is 7.75. The van der Waals surface area contributed by atoms with E-state index in [-0.39, 0.29) is 5.92 Å². The molecule has 0 nitrogen and oxygen atoms in total. The SMILES string of the molecule is Cc1cccc2c1cc(C1CCCC1)[s+]2C(F)(F)F.F[B-](F)(F)F. The van der Waals surface area contributed by atoms with E-state index >= 15 is 0 Å². The molecule has 0 bridgehead atoms. The molecule has 0 amide bonds. The molecule has 3 rings (SSSR count). The van der Waals surface area contributed by atoms with E-state index in [1.807, 2.05) is 19.1 Å². The molecule has 1 fully saturated rings. The van der Waals surface area contributed by atoms with Gasteiger partial charge in [-0.1, -0.05) is 25.0 Å². The molecule has 1 aliphatic carbocycles.